The van der Waals surface area contributed by atoms with Crippen molar-refractivity contribution in [1.82, 2.24) is 24.8 Å². The molecule has 0 spiro atoms. The third kappa shape index (κ3) is 2.38. The summed E-state index contributed by atoms with van der Waals surface area (Å²) in [5.41, 5.74) is -0.262. The largest absolute Gasteiger partial charge is 0.477 e. The van der Waals surface area contributed by atoms with Gasteiger partial charge in [-0.2, -0.15) is 13.5 Å². The zero-order chi connectivity index (χ0) is 15.1. The van der Waals surface area contributed by atoms with Gasteiger partial charge in [-0.05, 0) is 15.9 Å². The van der Waals surface area contributed by atoms with Gasteiger partial charge in [-0.15, -0.1) is 5.10 Å². The monoisotopic (exact) mass is 364 g/mol. The molecule has 0 aliphatic heterocycles. The van der Waals surface area contributed by atoms with Crippen LogP contribution in [0.1, 0.15) is 10.4 Å². The van der Waals surface area contributed by atoms with Gasteiger partial charge >= 0.3 is 5.97 Å². The van der Waals surface area contributed by atoms with Crippen LogP contribution in [0, 0.1) is 0 Å². The third-order valence-corrected chi connectivity index (χ3v) is 4.62. The molecule has 20 heavy (non-hydrogen) atoms. The summed E-state index contributed by atoms with van der Waals surface area (Å²) in [5, 5.41) is 19.6. The molecular weight excluding hydrogens is 356 g/mol. The van der Waals surface area contributed by atoms with Gasteiger partial charge in [0.05, 0.1) is 6.20 Å². The van der Waals surface area contributed by atoms with Crippen LogP contribution in [0.15, 0.2) is 15.8 Å². The van der Waals surface area contributed by atoms with Crippen molar-refractivity contribution < 1.29 is 18.3 Å². The third-order valence-electron chi connectivity index (χ3n) is 2.39. The van der Waals surface area contributed by atoms with Crippen molar-refractivity contribution in [2.45, 2.75) is 5.03 Å². The highest BCUT2D eigenvalue weighted by atomic mass is 79.9. The number of aryl methyl sites for hydroxylation is 2. The van der Waals surface area contributed by atoms with Crippen molar-refractivity contribution in [3.63, 3.8) is 0 Å². The number of rotatable bonds is 4. The summed E-state index contributed by atoms with van der Waals surface area (Å²) in [7, 11) is -1.25. The highest BCUT2D eigenvalue weighted by Crippen LogP contribution is 2.23. The SMILES string of the molecule is Cn1ncc(C(=O)O)c1NS(=O)(=O)c1c(Br)nnn1C. The van der Waals surface area contributed by atoms with E-state index in [0.29, 0.717) is 0 Å². The average Bonchev–Trinajstić information content (AvgIpc) is 2.84. The van der Waals surface area contributed by atoms with Crippen LogP contribution in [-0.2, 0) is 24.1 Å². The Kier molecular flexibility index (Phi) is 3.52. The molecule has 2 aromatic heterocycles. The maximum Gasteiger partial charge on any atom is 0.341 e. The second-order valence-corrected chi connectivity index (χ2v) is 6.10. The molecule has 2 heterocycles. The van der Waals surface area contributed by atoms with Crippen LogP contribution in [0.3, 0.4) is 0 Å². The van der Waals surface area contributed by atoms with E-state index in [1.54, 1.807) is 0 Å². The van der Waals surface area contributed by atoms with Crippen LogP contribution in [0.5, 0.6) is 0 Å². The van der Waals surface area contributed by atoms with E-state index in [2.05, 4.69) is 36.1 Å². The fourth-order valence-electron chi connectivity index (χ4n) is 1.50. The Morgan fingerprint density at radius 3 is 2.55 bits per heavy atom. The summed E-state index contributed by atoms with van der Waals surface area (Å²) in [6.45, 7) is 0. The average molecular weight is 365 g/mol. The Bertz CT molecular complexity index is 759. The smallest absolute Gasteiger partial charge is 0.341 e. The van der Waals surface area contributed by atoms with E-state index in [0.717, 1.165) is 15.6 Å². The first-order valence-electron chi connectivity index (χ1n) is 5.07. The number of halogens is 1. The molecule has 0 saturated heterocycles. The van der Waals surface area contributed by atoms with Gasteiger partial charge in [-0.3, -0.25) is 9.40 Å². The molecule has 0 radical (unpaired) electrons. The van der Waals surface area contributed by atoms with Crippen LogP contribution in [0.25, 0.3) is 0 Å². The number of sulfonamides is 1. The number of anilines is 1. The van der Waals surface area contributed by atoms with Crippen LogP contribution < -0.4 is 4.72 Å². The Hall–Kier alpha value is -1.95. The first-order chi connectivity index (χ1) is 9.24. The lowest BCUT2D eigenvalue weighted by molar-refractivity contribution is 0.0698. The topological polar surface area (TPSA) is 132 Å². The molecule has 108 valence electrons. The number of carbonyl (C=O) groups is 1. The molecule has 0 atom stereocenters. The van der Waals surface area contributed by atoms with Gasteiger partial charge in [0.15, 0.2) is 10.4 Å². The number of hydrogen-bond acceptors (Lipinski definition) is 6. The fourth-order valence-corrected chi connectivity index (χ4v) is 3.71. The highest BCUT2D eigenvalue weighted by Gasteiger charge is 2.27. The molecule has 12 heteroatoms. The summed E-state index contributed by atoms with van der Waals surface area (Å²) in [6, 6.07) is 0. The minimum absolute atomic E-state index is 0.0199. The van der Waals surface area contributed by atoms with Crippen molar-refractivity contribution in [3.05, 3.63) is 16.4 Å². The first-order valence-corrected chi connectivity index (χ1v) is 7.35. The second-order valence-electron chi connectivity index (χ2n) is 3.75. The van der Waals surface area contributed by atoms with E-state index in [1.165, 1.54) is 14.1 Å². The standard InChI is InChI=1S/C8H9BrN6O4S/c1-14-6(4(3-10-14)8(16)17)12-20(18,19)7-5(9)11-13-15(7)2/h3,12H,1-2H3,(H,16,17). The van der Waals surface area contributed by atoms with Crippen LogP contribution in [0.2, 0.25) is 0 Å². The fraction of sp³-hybridized carbons (Fsp3) is 0.250. The van der Waals surface area contributed by atoms with Crippen LogP contribution in [-0.4, -0.2) is 44.3 Å². The summed E-state index contributed by atoms with van der Waals surface area (Å²) in [6.07, 6.45) is 1.05. The van der Waals surface area contributed by atoms with E-state index >= 15 is 0 Å². The first kappa shape index (κ1) is 14.5. The van der Waals surface area contributed by atoms with E-state index in [1.807, 2.05) is 0 Å². The van der Waals surface area contributed by atoms with Crippen molar-refractivity contribution in [3.8, 4) is 0 Å². The predicted octanol–water partition coefficient (Wildman–Crippen LogP) is -0.190. The molecule has 0 unspecified atom stereocenters. The van der Waals surface area contributed by atoms with Crippen molar-refractivity contribution >= 4 is 37.7 Å². The van der Waals surface area contributed by atoms with Gasteiger partial charge in [-0.25, -0.2) is 9.48 Å². The van der Waals surface area contributed by atoms with Crippen molar-refractivity contribution in [2.24, 2.45) is 14.1 Å². The van der Waals surface area contributed by atoms with Crippen LogP contribution in [0.4, 0.5) is 5.82 Å². The Balaban J connectivity index is 2.50. The highest BCUT2D eigenvalue weighted by molar-refractivity contribution is 9.10. The number of carboxylic acids is 1. The molecule has 0 aromatic carbocycles. The summed E-state index contributed by atoms with van der Waals surface area (Å²) >= 11 is 2.97. The normalized spacial score (nSPS) is 11.6. The minimum atomic E-state index is -4.06. The second kappa shape index (κ2) is 4.86. The van der Waals surface area contributed by atoms with Gasteiger partial charge in [0.25, 0.3) is 10.0 Å². The van der Waals surface area contributed by atoms with E-state index in [4.69, 9.17) is 5.11 Å². The van der Waals surface area contributed by atoms with E-state index in [-0.39, 0.29) is 21.0 Å². The maximum absolute atomic E-state index is 12.3. The zero-order valence-corrected chi connectivity index (χ0v) is 12.7. The Morgan fingerprint density at radius 1 is 1.40 bits per heavy atom. The Morgan fingerprint density at radius 2 is 2.05 bits per heavy atom. The minimum Gasteiger partial charge on any atom is -0.477 e. The quantitative estimate of drug-likeness (QED) is 0.767. The molecule has 0 fully saturated rings. The number of hydrogen-bond donors (Lipinski definition) is 2. The molecule has 2 rings (SSSR count). The van der Waals surface area contributed by atoms with Gasteiger partial charge in [0, 0.05) is 14.1 Å². The number of nitrogens with one attached hydrogen (secondary N) is 1. The van der Waals surface area contributed by atoms with Gasteiger partial charge < -0.3 is 5.11 Å². The maximum atomic E-state index is 12.3. The molecule has 10 nitrogen and oxygen atoms in total. The summed E-state index contributed by atoms with van der Waals surface area (Å²) < 4.78 is 28.8. The molecule has 0 aliphatic carbocycles. The number of nitrogens with zero attached hydrogens (tertiary/aromatic N) is 5. The van der Waals surface area contributed by atoms with Gasteiger partial charge in [0.1, 0.15) is 5.56 Å². The predicted molar refractivity (Wildman–Crippen MR) is 69.7 cm³/mol. The van der Waals surface area contributed by atoms with E-state index < -0.39 is 16.0 Å². The van der Waals surface area contributed by atoms with Crippen LogP contribution >= 0.6 is 15.9 Å². The Labute approximate surface area is 121 Å². The summed E-state index contributed by atoms with van der Waals surface area (Å²) in [5.74, 6) is -1.46. The number of aromatic carboxylic acids is 1. The lowest BCUT2D eigenvalue weighted by Gasteiger charge is -2.09. The summed E-state index contributed by atoms with van der Waals surface area (Å²) in [4.78, 5) is 11.0. The molecule has 0 amide bonds. The molecule has 0 aliphatic rings. The molecular formula is C8H9BrN6O4S. The number of carboxylic acid groups (broad SMARTS) is 1. The zero-order valence-electron chi connectivity index (χ0n) is 10.3. The molecule has 2 aromatic rings. The lowest BCUT2D eigenvalue weighted by Crippen LogP contribution is -2.20. The number of aromatic nitrogens is 5. The van der Waals surface area contributed by atoms with E-state index in [9.17, 15) is 13.2 Å². The van der Waals surface area contributed by atoms with Crippen molar-refractivity contribution in [1.29, 1.82) is 0 Å². The molecule has 0 saturated carbocycles. The van der Waals surface area contributed by atoms with Crippen molar-refractivity contribution in [2.75, 3.05) is 4.72 Å². The van der Waals surface area contributed by atoms with Gasteiger partial charge in [0.2, 0.25) is 5.03 Å². The lowest BCUT2D eigenvalue weighted by atomic mass is 10.3. The molecule has 2 N–H and O–H groups in total. The molecule has 0 bridgehead atoms. The van der Waals surface area contributed by atoms with Gasteiger partial charge in [-0.1, -0.05) is 5.21 Å².